The molecule has 0 bridgehead atoms. The van der Waals surface area contributed by atoms with Crippen molar-refractivity contribution in [1.29, 1.82) is 0 Å². The normalized spacial score (nSPS) is 17.2. The lowest BCUT2D eigenvalue weighted by molar-refractivity contribution is -0.129. The van der Waals surface area contributed by atoms with Gasteiger partial charge < -0.3 is 9.47 Å². The number of amides is 1. The van der Waals surface area contributed by atoms with Crippen LogP contribution in [0.5, 0.6) is 0 Å². The topological polar surface area (TPSA) is 84.3 Å². The molecule has 7 nitrogen and oxygen atoms in total. The number of likely N-dealkylation sites (tertiary alicyclic amines) is 1. The Kier molecular flexibility index (Phi) is 4.67. The lowest BCUT2D eigenvalue weighted by atomic mass is 10.1. The van der Waals surface area contributed by atoms with Gasteiger partial charge in [-0.2, -0.15) is 0 Å². The maximum absolute atomic E-state index is 12.3. The van der Waals surface area contributed by atoms with Gasteiger partial charge in [-0.25, -0.2) is 18.1 Å². The number of piperidine rings is 1. The van der Waals surface area contributed by atoms with E-state index in [9.17, 15) is 13.2 Å². The molecule has 1 aromatic heterocycles. The Morgan fingerprint density at radius 3 is 2.52 bits per heavy atom. The van der Waals surface area contributed by atoms with Crippen molar-refractivity contribution < 1.29 is 13.2 Å². The summed E-state index contributed by atoms with van der Waals surface area (Å²) in [5.74, 6) is 0.720. The van der Waals surface area contributed by atoms with Gasteiger partial charge in [0.25, 0.3) is 10.0 Å². The molecule has 0 saturated carbocycles. The number of hydrogen-bond acceptors (Lipinski definition) is 4. The molecule has 1 aromatic rings. The number of imidazole rings is 1. The number of rotatable bonds is 4. The van der Waals surface area contributed by atoms with Crippen LogP contribution in [0.1, 0.15) is 32.5 Å². The Balaban J connectivity index is 2.03. The van der Waals surface area contributed by atoms with E-state index in [1.165, 1.54) is 6.92 Å². The lowest BCUT2D eigenvalue weighted by Gasteiger charge is -2.31. The molecule has 0 unspecified atom stereocenters. The van der Waals surface area contributed by atoms with Crippen LogP contribution >= 0.6 is 0 Å². The molecule has 1 aliphatic heterocycles. The summed E-state index contributed by atoms with van der Waals surface area (Å²) in [7, 11) is -3.59. The molecular formula is C13H22N4O3S. The summed E-state index contributed by atoms with van der Waals surface area (Å²) in [6, 6.07) is -0.141. The number of sulfonamides is 1. The highest BCUT2D eigenvalue weighted by Crippen LogP contribution is 2.15. The molecule has 1 amide bonds. The Hall–Kier alpha value is -1.41. The van der Waals surface area contributed by atoms with E-state index < -0.39 is 10.0 Å². The third-order valence-electron chi connectivity index (χ3n) is 3.83. The molecule has 2 rings (SSSR count). The second-order valence-electron chi connectivity index (χ2n) is 5.31. The minimum atomic E-state index is -3.59. The van der Waals surface area contributed by atoms with Crippen molar-refractivity contribution in [2.24, 2.45) is 0 Å². The zero-order valence-corrected chi connectivity index (χ0v) is 13.5. The molecule has 0 atom stereocenters. The van der Waals surface area contributed by atoms with Gasteiger partial charge in [0.15, 0.2) is 5.03 Å². The van der Waals surface area contributed by atoms with Crippen LogP contribution in [0.25, 0.3) is 0 Å². The Bertz CT molecular complexity index is 615. The molecule has 118 valence electrons. The van der Waals surface area contributed by atoms with Crippen molar-refractivity contribution in [2.45, 2.75) is 51.2 Å². The number of nitrogens with zero attached hydrogens (tertiary/aromatic N) is 3. The first kappa shape index (κ1) is 16.0. The van der Waals surface area contributed by atoms with Gasteiger partial charge in [-0.05, 0) is 26.7 Å². The number of nitrogens with one attached hydrogen (secondary N) is 1. The van der Waals surface area contributed by atoms with E-state index in [1.54, 1.807) is 22.6 Å². The molecule has 21 heavy (non-hydrogen) atoms. The number of hydrogen-bond donors (Lipinski definition) is 1. The van der Waals surface area contributed by atoms with Gasteiger partial charge in [0.2, 0.25) is 5.91 Å². The van der Waals surface area contributed by atoms with E-state index in [4.69, 9.17) is 0 Å². The quantitative estimate of drug-likeness (QED) is 0.877. The second-order valence-corrected chi connectivity index (χ2v) is 6.97. The summed E-state index contributed by atoms with van der Waals surface area (Å²) in [4.78, 5) is 17.1. The third-order valence-corrected chi connectivity index (χ3v) is 5.22. The Labute approximate surface area is 125 Å². The molecule has 1 saturated heterocycles. The van der Waals surface area contributed by atoms with Crippen LogP contribution in [0.3, 0.4) is 0 Å². The van der Waals surface area contributed by atoms with Crippen molar-refractivity contribution in [1.82, 2.24) is 19.2 Å². The standard InChI is InChI=1S/C13H22N4O3S/c1-4-16-9-13(14-10(16)2)21(19,20)15-12-5-7-17(8-6-12)11(3)18/h9,12,15H,4-8H2,1-3H3. The van der Waals surface area contributed by atoms with Crippen LogP contribution < -0.4 is 4.72 Å². The molecule has 1 N–H and O–H groups in total. The lowest BCUT2D eigenvalue weighted by Crippen LogP contribution is -2.45. The molecule has 0 spiro atoms. The number of aromatic nitrogens is 2. The van der Waals surface area contributed by atoms with Crippen LogP contribution in [-0.4, -0.2) is 47.9 Å². The summed E-state index contributed by atoms with van der Waals surface area (Å²) >= 11 is 0. The Morgan fingerprint density at radius 2 is 2.05 bits per heavy atom. The van der Waals surface area contributed by atoms with Crippen molar-refractivity contribution in [3.63, 3.8) is 0 Å². The van der Waals surface area contributed by atoms with Gasteiger partial charge in [-0.3, -0.25) is 4.79 Å². The van der Waals surface area contributed by atoms with Crippen molar-refractivity contribution in [2.75, 3.05) is 13.1 Å². The average Bonchev–Trinajstić information content (AvgIpc) is 2.81. The minimum absolute atomic E-state index is 0.0358. The van der Waals surface area contributed by atoms with Gasteiger partial charge in [0.05, 0.1) is 0 Å². The SMILES string of the molecule is CCn1cc(S(=O)(=O)NC2CCN(C(C)=O)CC2)nc1C. The zero-order chi connectivity index (χ0) is 15.6. The highest BCUT2D eigenvalue weighted by molar-refractivity contribution is 7.89. The highest BCUT2D eigenvalue weighted by Gasteiger charge is 2.27. The predicted molar refractivity (Wildman–Crippen MR) is 78.2 cm³/mol. The molecule has 8 heteroatoms. The smallest absolute Gasteiger partial charge is 0.259 e. The molecule has 1 aliphatic rings. The summed E-state index contributed by atoms with van der Waals surface area (Å²) < 4.78 is 29.2. The summed E-state index contributed by atoms with van der Waals surface area (Å²) in [5.41, 5.74) is 0. The van der Waals surface area contributed by atoms with Gasteiger partial charge in [-0.15, -0.1) is 0 Å². The van der Waals surface area contributed by atoms with Gasteiger partial charge >= 0.3 is 0 Å². The van der Waals surface area contributed by atoms with Crippen LogP contribution in [-0.2, 0) is 21.4 Å². The van der Waals surface area contributed by atoms with Crippen LogP contribution in [0.15, 0.2) is 11.2 Å². The van der Waals surface area contributed by atoms with Crippen molar-refractivity contribution in [3.8, 4) is 0 Å². The number of carbonyl (C=O) groups excluding carboxylic acids is 1. The van der Waals surface area contributed by atoms with Gasteiger partial charge in [-0.1, -0.05) is 0 Å². The van der Waals surface area contributed by atoms with E-state index in [2.05, 4.69) is 9.71 Å². The number of aryl methyl sites for hydroxylation is 2. The summed E-state index contributed by atoms with van der Waals surface area (Å²) in [5, 5.41) is 0.0656. The fourth-order valence-electron chi connectivity index (χ4n) is 2.52. The van der Waals surface area contributed by atoms with E-state index >= 15 is 0 Å². The fourth-order valence-corrected chi connectivity index (χ4v) is 3.83. The molecule has 0 radical (unpaired) electrons. The Morgan fingerprint density at radius 1 is 1.43 bits per heavy atom. The van der Waals surface area contributed by atoms with Crippen LogP contribution in [0, 0.1) is 6.92 Å². The van der Waals surface area contributed by atoms with E-state index in [0.717, 1.165) is 0 Å². The monoisotopic (exact) mass is 314 g/mol. The van der Waals surface area contributed by atoms with E-state index in [0.29, 0.717) is 38.3 Å². The van der Waals surface area contributed by atoms with Crippen LogP contribution in [0.2, 0.25) is 0 Å². The predicted octanol–water partition coefficient (Wildman–Crippen LogP) is 0.501. The minimum Gasteiger partial charge on any atom is -0.343 e. The van der Waals surface area contributed by atoms with Crippen LogP contribution in [0.4, 0.5) is 0 Å². The highest BCUT2D eigenvalue weighted by atomic mass is 32.2. The van der Waals surface area contributed by atoms with Crippen molar-refractivity contribution >= 4 is 15.9 Å². The summed E-state index contributed by atoms with van der Waals surface area (Å²) in [6.45, 7) is 7.12. The largest absolute Gasteiger partial charge is 0.343 e. The first-order chi connectivity index (χ1) is 9.83. The van der Waals surface area contributed by atoms with Crippen molar-refractivity contribution in [3.05, 3.63) is 12.0 Å². The molecule has 0 aromatic carbocycles. The maximum Gasteiger partial charge on any atom is 0.259 e. The second kappa shape index (κ2) is 6.15. The first-order valence-electron chi connectivity index (χ1n) is 7.15. The molecule has 1 fully saturated rings. The average molecular weight is 314 g/mol. The first-order valence-corrected chi connectivity index (χ1v) is 8.63. The molecule has 0 aliphatic carbocycles. The van der Waals surface area contributed by atoms with Gasteiger partial charge in [0.1, 0.15) is 5.82 Å². The fraction of sp³-hybridized carbons (Fsp3) is 0.692. The van der Waals surface area contributed by atoms with Gasteiger partial charge in [0, 0.05) is 38.8 Å². The van der Waals surface area contributed by atoms with E-state index in [1.807, 2.05) is 6.92 Å². The summed E-state index contributed by atoms with van der Waals surface area (Å²) in [6.07, 6.45) is 2.82. The molecule has 2 heterocycles. The number of carbonyl (C=O) groups is 1. The third kappa shape index (κ3) is 3.62. The maximum atomic E-state index is 12.3. The van der Waals surface area contributed by atoms with E-state index in [-0.39, 0.29) is 17.0 Å². The molecular weight excluding hydrogens is 292 g/mol. The zero-order valence-electron chi connectivity index (χ0n) is 12.7.